The van der Waals surface area contributed by atoms with E-state index in [1.54, 1.807) is 22.5 Å². The van der Waals surface area contributed by atoms with E-state index in [0.717, 1.165) is 24.2 Å². The van der Waals surface area contributed by atoms with Gasteiger partial charge in [0.2, 0.25) is 0 Å². The summed E-state index contributed by atoms with van der Waals surface area (Å²) >= 11 is 1.60. The SMILES string of the molecule is CCCSc1nc(N[C@@H]2C[C@H]2c2ccc(F)c(F)c2)c2nnn(CC)c2n1. The molecule has 0 radical (unpaired) electrons. The number of hydrogen-bond acceptors (Lipinski definition) is 6. The lowest BCUT2D eigenvalue weighted by molar-refractivity contribution is 0.507. The molecule has 1 aliphatic carbocycles. The summed E-state index contributed by atoms with van der Waals surface area (Å²) < 4.78 is 28.4. The standard InChI is InChI=1S/C18H20F2N6S/c1-3-7-27-18-22-16(15-17(23-18)26(4-2)25-24-15)21-14-9-11(14)10-5-6-12(19)13(20)8-10/h5-6,8,11,14H,3-4,7,9H2,1-2H3,(H,21,22,23)/t11-,14+/m0/s1. The Hall–Kier alpha value is -2.29. The van der Waals surface area contributed by atoms with Crippen molar-refractivity contribution in [2.75, 3.05) is 11.1 Å². The number of anilines is 1. The van der Waals surface area contributed by atoms with Gasteiger partial charge in [0.15, 0.2) is 33.8 Å². The molecule has 1 fully saturated rings. The number of aryl methyl sites for hydroxylation is 1. The van der Waals surface area contributed by atoms with Crippen LogP contribution in [0.25, 0.3) is 11.2 Å². The molecule has 0 spiro atoms. The normalized spacial score (nSPS) is 18.8. The van der Waals surface area contributed by atoms with Gasteiger partial charge in [-0.05, 0) is 37.5 Å². The zero-order valence-electron chi connectivity index (χ0n) is 15.1. The molecular formula is C18H20F2N6S. The van der Waals surface area contributed by atoms with Gasteiger partial charge in [-0.3, -0.25) is 0 Å². The second-order valence-corrected chi connectivity index (χ2v) is 7.61. The van der Waals surface area contributed by atoms with Crippen molar-refractivity contribution in [1.82, 2.24) is 25.0 Å². The molecule has 6 nitrogen and oxygen atoms in total. The molecule has 2 aromatic heterocycles. The average molecular weight is 390 g/mol. The third-order valence-electron chi connectivity index (χ3n) is 4.56. The molecule has 1 N–H and O–H groups in total. The smallest absolute Gasteiger partial charge is 0.191 e. The first kappa shape index (κ1) is 18.1. The third-order valence-corrected chi connectivity index (χ3v) is 5.61. The number of aromatic nitrogens is 5. The largest absolute Gasteiger partial charge is 0.365 e. The minimum absolute atomic E-state index is 0.101. The van der Waals surface area contributed by atoms with E-state index >= 15 is 0 Å². The maximum absolute atomic E-state index is 13.5. The summed E-state index contributed by atoms with van der Waals surface area (Å²) in [5.74, 6) is 0.0629. The lowest BCUT2D eigenvalue weighted by Gasteiger charge is -2.08. The quantitative estimate of drug-likeness (QED) is 0.486. The molecular weight excluding hydrogens is 370 g/mol. The van der Waals surface area contributed by atoms with E-state index in [-0.39, 0.29) is 12.0 Å². The minimum Gasteiger partial charge on any atom is -0.365 e. The molecule has 27 heavy (non-hydrogen) atoms. The van der Waals surface area contributed by atoms with Gasteiger partial charge in [0.1, 0.15) is 0 Å². The Balaban J connectivity index is 1.59. The lowest BCUT2D eigenvalue weighted by Crippen LogP contribution is -2.08. The van der Waals surface area contributed by atoms with E-state index in [9.17, 15) is 8.78 Å². The second kappa shape index (κ2) is 7.38. The van der Waals surface area contributed by atoms with Gasteiger partial charge in [-0.15, -0.1) is 5.10 Å². The van der Waals surface area contributed by atoms with Crippen molar-refractivity contribution >= 4 is 28.7 Å². The minimum atomic E-state index is -0.824. The van der Waals surface area contributed by atoms with Gasteiger partial charge in [-0.25, -0.2) is 23.4 Å². The number of benzene rings is 1. The number of halogens is 2. The van der Waals surface area contributed by atoms with E-state index in [1.165, 1.54) is 12.1 Å². The van der Waals surface area contributed by atoms with E-state index in [1.807, 2.05) is 6.92 Å². The predicted octanol–water partition coefficient (Wildman–Crippen LogP) is 3.99. The molecule has 4 rings (SSSR count). The first-order chi connectivity index (χ1) is 13.1. The van der Waals surface area contributed by atoms with Crippen LogP contribution in [0, 0.1) is 11.6 Å². The van der Waals surface area contributed by atoms with E-state index < -0.39 is 11.6 Å². The first-order valence-corrected chi connectivity index (χ1v) is 10.0. The summed E-state index contributed by atoms with van der Waals surface area (Å²) in [5.41, 5.74) is 2.13. The van der Waals surface area contributed by atoms with Gasteiger partial charge in [0.25, 0.3) is 0 Å². The van der Waals surface area contributed by atoms with Crippen LogP contribution in [-0.4, -0.2) is 36.8 Å². The van der Waals surface area contributed by atoms with Crippen LogP contribution in [-0.2, 0) is 6.54 Å². The molecule has 2 heterocycles. The molecule has 142 valence electrons. The van der Waals surface area contributed by atoms with Crippen molar-refractivity contribution in [1.29, 1.82) is 0 Å². The van der Waals surface area contributed by atoms with E-state index in [2.05, 4.69) is 32.5 Å². The van der Waals surface area contributed by atoms with Crippen molar-refractivity contribution in [3.05, 3.63) is 35.4 Å². The van der Waals surface area contributed by atoms with Crippen molar-refractivity contribution in [2.45, 2.75) is 50.4 Å². The van der Waals surface area contributed by atoms with Gasteiger partial charge >= 0.3 is 0 Å². The summed E-state index contributed by atoms with van der Waals surface area (Å²) in [5, 5.41) is 12.5. The maximum Gasteiger partial charge on any atom is 0.191 e. The molecule has 2 atom stereocenters. The molecule has 3 aromatic rings. The van der Waals surface area contributed by atoms with Crippen LogP contribution in [0.15, 0.2) is 23.4 Å². The molecule has 0 unspecified atom stereocenters. The predicted molar refractivity (Wildman–Crippen MR) is 101 cm³/mol. The molecule has 9 heteroatoms. The highest BCUT2D eigenvalue weighted by molar-refractivity contribution is 7.99. The zero-order valence-corrected chi connectivity index (χ0v) is 15.9. The topological polar surface area (TPSA) is 68.5 Å². The van der Waals surface area contributed by atoms with Gasteiger partial charge in [0, 0.05) is 24.3 Å². The molecule has 0 bridgehead atoms. The average Bonchev–Trinajstić information content (AvgIpc) is 3.30. The fourth-order valence-electron chi connectivity index (χ4n) is 3.05. The van der Waals surface area contributed by atoms with Crippen LogP contribution in [0.1, 0.15) is 38.2 Å². The van der Waals surface area contributed by atoms with Crippen LogP contribution in [0.5, 0.6) is 0 Å². The number of fused-ring (bicyclic) bond motifs is 1. The fourth-order valence-corrected chi connectivity index (χ4v) is 3.74. The summed E-state index contributed by atoms with van der Waals surface area (Å²) in [6.07, 6.45) is 1.86. The van der Waals surface area contributed by atoms with E-state index in [0.29, 0.717) is 28.7 Å². The van der Waals surface area contributed by atoms with E-state index in [4.69, 9.17) is 0 Å². The van der Waals surface area contributed by atoms with Gasteiger partial charge < -0.3 is 5.32 Å². The molecule has 1 aromatic carbocycles. The van der Waals surface area contributed by atoms with Crippen molar-refractivity contribution < 1.29 is 8.78 Å². The Bertz CT molecular complexity index is 976. The number of nitrogens with zero attached hydrogens (tertiary/aromatic N) is 5. The Morgan fingerprint density at radius 2 is 2.07 bits per heavy atom. The van der Waals surface area contributed by atoms with Gasteiger partial charge in [0.05, 0.1) is 0 Å². The maximum atomic E-state index is 13.5. The van der Waals surface area contributed by atoms with Gasteiger partial charge in [-0.1, -0.05) is 30.0 Å². The monoisotopic (exact) mass is 390 g/mol. The zero-order chi connectivity index (χ0) is 19.0. The molecule has 1 saturated carbocycles. The summed E-state index contributed by atoms with van der Waals surface area (Å²) in [7, 11) is 0. The Morgan fingerprint density at radius 3 is 2.81 bits per heavy atom. The Kier molecular flexibility index (Phi) is 4.94. The van der Waals surface area contributed by atoms with Crippen molar-refractivity contribution in [2.24, 2.45) is 0 Å². The van der Waals surface area contributed by atoms with Crippen LogP contribution in [0.2, 0.25) is 0 Å². The van der Waals surface area contributed by atoms with Gasteiger partial charge in [-0.2, -0.15) is 0 Å². The highest BCUT2D eigenvalue weighted by Crippen LogP contribution is 2.43. The first-order valence-electron chi connectivity index (χ1n) is 9.06. The summed E-state index contributed by atoms with van der Waals surface area (Å²) in [6.45, 7) is 4.77. The molecule has 0 saturated heterocycles. The van der Waals surface area contributed by atoms with Crippen LogP contribution in [0.3, 0.4) is 0 Å². The van der Waals surface area contributed by atoms with Crippen LogP contribution < -0.4 is 5.32 Å². The lowest BCUT2D eigenvalue weighted by atomic mass is 10.1. The van der Waals surface area contributed by atoms with Crippen molar-refractivity contribution in [3.63, 3.8) is 0 Å². The van der Waals surface area contributed by atoms with Crippen molar-refractivity contribution in [3.8, 4) is 0 Å². The highest BCUT2D eigenvalue weighted by Gasteiger charge is 2.39. The number of thioether (sulfide) groups is 1. The summed E-state index contributed by atoms with van der Waals surface area (Å²) in [6, 6.07) is 4.18. The number of rotatable bonds is 7. The summed E-state index contributed by atoms with van der Waals surface area (Å²) in [4.78, 5) is 9.21. The highest BCUT2D eigenvalue weighted by atomic mass is 32.2. The molecule has 1 aliphatic rings. The Morgan fingerprint density at radius 1 is 1.22 bits per heavy atom. The number of hydrogen-bond donors (Lipinski definition) is 1. The van der Waals surface area contributed by atoms with Crippen LogP contribution in [0.4, 0.5) is 14.6 Å². The van der Waals surface area contributed by atoms with Crippen LogP contribution >= 0.6 is 11.8 Å². The molecule has 0 amide bonds. The second-order valence-electron chi connectivity index (χ2n) is 6.55. The Labute approximate surface area is 159 Å². The fraction of sp³-hybridized carbons (Fsp3) is 0.444. The number of nitrogens with one attached hydrogen (secondary N) is 1. The third kappa shape index (κ3) is 3.60. The molecule has 0 aliphatic heterocycles.